The van der Waals surface area contributed by atoms with Crippen LogP contribution in [0.5, 0.6) is 0 Å². The summed E-state index contributed by atoms with van der Waals surface area (Å²) in [5.74, 6) is 1.06. The summed E-state index contributed by atoms with van der Waals surface area (Å²) in [6.07, 6.45) is 3.48. The number of nitrogens with one attached hydrogen (secondary N) is 3. The zero-order valence-electron chi connectivity index (χ0n) is 13.6. The van der Waals surface area contributed by atoms with E-state index in [2.05, 4.69) is 16.0 Å². The van der Waals surface area contributed by atoms with Crippen LogP contribution >= 0.6 is 11.8 Å². The number of methoxy groups -OCH3 is 1. The molecule has 7 nitrogen and oxygen atoms in total. The molecule has 2 unspecified atom stereocenters. The first kappa shape index (κ1) is 18.4. The van der Waals surface area contributed by atoms with Gasteiger partial charge in [-0.05, 0) is 12.8 Å². The van der Waals surface area contributed by atoms with Gasteiger partial charge >= 0.3 is 6.03 Å². The standard InChI is InChI=1S/C15H27N3O4S/c1-21-8-9-22-7-6-16-13(19)5-3-2-4-12-14-11(10-23-12)17-15(20)18-14/h11-12,14H,2-10H2,1H3,(H,16,19)(H2,17,18,20)/t11?,12-,14?/m0/s1. The number of amides is 3. The van der Waals surface area contributed by atoms with E-state index < -0.39 is 0 Å². The maximum absolute atomic E-state index is 11.7. The van der Waals surface area contributed by atoms with Crippen LogP contribution in [0.2, 0.25) is 0 Å². The summed E-state index contributed by atoms with van der Waals surface area (Å²) in [4.78, 5) is 23.0. The van der Waals surface area contributed by atoms with Gasteiger partial charge in [0, 0.05) is 31.1 Å². The van der Waals surface area contributed by atoms with E-state index in [1.54, 1.807) is 7.11 Å². The minimum Gasteiger partial charge on any atom is -0.382 e. The van der Waals surface area contributed by atoms with Gasteiger partial charge in [-0.1, -0.05) is 6.42 Å². The van der Waals surface area contributed by atoms with Crippen LogP contribution in [-0.2, 0) is 14.3 Å². The van der Waals surface area contributed by atoms with Crippen molar-refractivity contribution >= 4 is 23.7 Å². The first-order valence-corrected chi connectivity index (χ1v) is 9.27. The molecule has 0 aromatic rings. The maximum Gasteiger partial charge on any atom is 0.315 e. The molecule has 0 radical (unpaired) electrons. The largest absolute Gasteiger partial charge is 0.382 e. The van der Waals surface area contributed by atoms with E-state index in [1.165, 1.54) is 0 Å². The Balaban J connectivity index is 1.46. The van der Waals surface area contributed by atoms with Gasteiger partial charge in [0.25, 0.3) is 0 Å². The highest BCUT2D eigenvalue weighted by Crippen LogP contribution is 2.33. The molecule has 132 valence electrons. The van der Waals surface area contributed by atoms with Crippen LogP contribution in [-0.4, -0.2) is 68.5 Å². The Kier molecular flexibility index (Phi) is 7.98. The van der Waals surface area contributed by atoms with Gasteiger partial charge in [0.05, 0.1) is 31.9 Å². The Hall–Kier alpha value is -0.990. The number of carbonyl (C=O) groups is 2. The van der Waals surface area contributed by atoms with Gasteiger partial charge in [0.15, 0.2) is 0 Å². The lowest BCUT2D eigenvalue weighted by Gasteiger charge is -2.16. The highest BCUT2D eigenvalue weighted by molar-refractivity contribution is 8.00. The van der Waals surface area contributed by atoms with E-state index in [4.69, 9.17) is 9.47 Å². The maximum atomic E-state index is 11.7. The zero-order chi connectivity index (χ0) is 16.5. The number of ether oxygens (including phenoxy) is 2. The molecule has 0 saturated carbocycles. The molecule has 23 heavy (non-hydrogen) atoms. The Bertz CT molecular complexity index is 397. The molecular weight excluding hydrogens is 318 g/mol. The number of rotatable bonds is 11. The van der Waals surface area contributed by atoms with Crippen molar-refractivity contribution in [1.29, 1.82) is 0 Å². The highest BCUT2D eigenvalue weighted by atomic mass is 32.2. The Morgan fingerprint density at radius 2 is 2.17 bits per heavy atom. The van der Waals surface area contributed by atoms with Crippen molar-refractivity contribution in [2.75, 3.05) is 39.2 Å². The first-order valence-electron chi connectivity index (χ1n) is 8.22. The van der Waals surface area contributed by atoms with Crippen molar-refractivity contribution in [3.8, 4) is 0 Å². The van der Waals surface area contributed by atoms with Crippen LogP contribution < -0.4 is 16.0 Å². The van der Waals surface area contributed by atoms with Gasteiger partial charge in [-0.25, -0.2) is 4.79 Å². The normalized spacial score (nSPS) is 25.8. The van der Waals surface area contributed by atoms with Crippen molar-refractivity contribution in [3.63, 3.8) is 0 Å². The molecule has 8 heteroatoms. The van der Waals surface area contributed by atoms with Crippen molar-refractivity contribution in [2.45, 2.75) is 43.0 Å². The molecule has 0 aromatic heterocycles. The van der Waals surface area contributed by atoms with Gasteiger partial charge in [-0.3, -0.25) is 4.79 Å². The van der Waals surface area contributed by atoms with Crippen LogP contribution in [0.4, 0.5) is 4.79 Å². The van der Waals surface area contributed by atoms with E-state index >= 15 is 0 Å². The molecule has 2 aliphatic rings. The minimum atomic E-state index is -0.0441. The van der Waals surface area contributed by atoms with E-state index in [1.807, 2.05) is 11.8 Å². The summed E-state index contributed by atoms with van der Waals surface area (Å²) in [5.41, 5.74) is 0. The number of fused-ring (bicyclic) bond motifs is 1. The molecule has 2 heterocycles. The number of carbonyl (C=O) groups excluding carboxylic acids is 2. The quantitative estimate of drug-likeness (QED) is 0.375. The molecule has 2 aliphatic heterocycles. The predicted octanol–water partition coefficient (Wildman–Crippen LogP) is 0.491. The first-order chi connectivity index (χ1) is 11.2. The second-order valence-electron chi connectivity index (χ2n) is 5.82. The molecule has 0 aromatic carbocycles. The van der Waals surface area contributed by atoms with Crippen LogP contribution in [0.15, 0.2) is 0 Å². The second-order valence-corrected chi connectivity index (χ2v) is 7.09. The number of hydrogen-bond acceptors (Lipinski definition) is 5. The molecular formula is C15H27N3O4S. The Morgan fingerprint density at radius 3 is 3.00 bits per heavy atom. The topological polar surface area (TPSA) is 88.7 Å². The number of urea groups is 1. The molecule has 2 saturated heterocycles. The lowest BCUT2D eigenvalue weighted by molar-refractivity contribution is -0.121. The molecule has 0 bridgehead atoms. The fourth-order valence-corrected chi connectivity index (χ4v) is 4.41. The average Bonchev–Trinajstić information content (AvgIpc) is 3.07. The van der Waals surface area contributed by atoms with E-state index in [0.717, 1.165) is 25.0 Å². The predicted molar refractivity (Wildman–Crippen MR) is 89.7 cm³/mol. The zero-order valence-corrected chi connectivity index (χ0v) is 14.5. The number of unbranched alkanes of at least 4 members (excludes halogenated alkanes) is 1. The summed E-state index contributed by atoms with van der Waals surface area (Å²) < 4.78 is 10.2. The summed E-state index contributed by atoms with van der Waals surface area (Å²) in [6.45, 7) is 2.19. The SMILES string of the molecule is COCCOCCNC(=O)CCCC[C@@H]1SCC2NC(=O)NC21. The molecule has 2 rings (SSSR count). The smallest absolute Gasteiger partial charge is 0.315 e. The number of hydrogen-bond donors (Lipinski definition) is 3. The third kappa shape index (κ3) is 6.19. The Labute approximate surface area is 141 Å². The lowest BCUT2D eigenvalue weighted by Crippen LogP contribution is -2.36. The second kappa shape index (κ2) is 10.00. The third-order valence-corrected chi connectivity index (χ3v) is 5.59. The van der Waals surface area contributed by atoms with Crippen molar-refractivity contribution in [1.82, 2.24) is 16.0 Å². The monoisotopic (exact) mass is 345 g/mol. The summed E-state index contributed by atoms with van der Waals surface area (Å²) >= 11 is 1.91. The van der Waals surface area contributed by atoms with Crippen LogP contribution in [0.1, 0.15) is 25.7 Å². The van der Waals surface area contributed by atoms with E-state index in [9.17, 15) is 9.59 Å². The molecule has 2 fully saturated rings. The summed E-state index contributed by atoms with van der Waals surface area (Å²) in [7, 11) is 1.63. The van der Waals surface area contributed by atoms with E-state index in [0.29, 0.717) is 38.0 Å². The van der Waals surface area contributed by atoms with Crippen LogP contribution in [0.25, 0.3) is 0 Å². The Morgan fingerprint density at radius 1 is 1.30 bits per heavy atom. The van der Waals surface area contributed by atoms with Crippen molar-refractivity contribution in [3.05, 3.63) is 0 Å². The van der Waals surface area contributed by atoms with Gasteiger partial charge in [-0.15, -0.1) is 0 Å². The summed E-state index contributed by atoms with van der Waals surface area (Å²) in [5, 5.41) is 9.26. The van der Waals surface area contributed by atoms with Crippen LogP contribution in [0, 0.1) is 0 Å². The van der Waals surface area contributed by atoms with Crippen molar-refractivity contribution < 1.29 is 19.1 Å². The molecule has 3 atom stereocenters. The minimum absolute atomic E-state index is 0.0441. The van der Waals surface area contributed by atoms with E-state index in [-0.39, 0.29) is 24.0 Å². The van der Waals surface area contributed by atoms with Gasteiger partial charge < -0.3 is 25.4 Å². The van der Waals surface area contributed by atoms with Gasteiger partial charge in [0.1, 0.15) is 0 Å². The lowest BCUT2D eigenvalue weighted by atomic mass is 10.0. The van der Waals surface area contributed by atoms with Gasteiger partial charge in [0.2, 0.25) is 5.91 Å². The van der Waals surface area contributed by atoms with Crippen molar-refractivity contribution in [2.24, 2.45) is 0 Å². The third-order valence-electron chi connectivity index (χ3n) is 4.08. The fraction of sp³-hybridized carbons (Fsp3) is 0.867. The summed E-state index contributed by atoms with van der Waals surface area (Å²) in [6, 6.07) is 0.488. The molecule has 0 aliphatic carbocycles. The van der Waals surface area contributed by atoms with Gasteiger partial charge in [-0.2, -0.15) is 11.8 Å². The molecule has 0 spiro atoms. The fourth-order valence-electron chi connectivity index (χ4n) is 2.87. The number of thioether (sulfide) groups is 1. The molecule has 3 N–H and O–H groups in total. The molecule has 3 amide bonds. The van der Waals surface area contributed by atoms with Crippen LogP contribution in [0.3, 0.4) is 0 Å². The highest BCUT2D eigenvalue weighted by Gasteiger charge is 2.42. The average molecular weight is 345 g/mol.